The minimum absolute atomic E-state index is 0.00839. The average molecular weight is 555 g/mol. The molecule has 0 saturated carbocycles. The monoisotopic (exact) mass is 554 g/mol. The number of nitrogens with one attached hydrogen (secondary N) is 2. The SMILES string of the molecule is CC(C)(C)OC(=O)CNCCCCOc1c(Cl)cc(C(=O)N[C@@H](Cc2ccccc2)C(=O)O)c(O)c1Cl. The summed E-state index contributed by atoms with van der Waals surface area (Å²) in [6, 6.07) is 8.77. The van der Waals surface area contributed by atoms with Gasteiger partial charge in [-0.2, -0.15) is 0 Å². The van der Waals surface area contributed by atoms with Crippen LogP contribution < -0.4 is 15.4 Å². The highest BCUT2D eigenvalue weighted by Crippen LogP contribution is 2.42. The number of phenols is 1. The zero-order chi connectivity index (χ0) is 27.6. The molecule has 0 saturated heterocycles. The maximum atomic E-state index is 12.7. The highest BCUT2D eigenvalue weighted by Gasteiger charge is 2.26. The third-order valence-corrected chi connectivity index (χ3v) is 5.60. The van der Waals surface area contributed by atoms with Gasteiger partial charge in [0.2, 0.25) is 0 Å². The lowest BCUT2D eigenvalue weighted by Crippen LogP contribution is -2.42. The molecule has 0 unspecified atom stereocenters. The van der Waals surface area contributed by atoms with Crippen LogP contribution in [0.1, 0.15) is 49.5 Å². The van der Waals surface area contributed by atoms with E-state index in [9.17, 15) is 24.6 Å². The number of aliphatic carboxylic acids is 1. The number of unbranched alkanes of at least 4 members (excludes halogenated alkanes) is 1. The second kappa shape index (κ2) is 14.1. The van der Waals surface area contributed by atoms with Crippen molar-refractivity contribution in [3.63, 3.8) is 0 Å². The maximum absolute atomic E-state index is 12.7. The smallest absolute Gasteiger partial charge is 0.326 e. The highest BCUT2D eigenvalue weighted by molar-refractivity contribution is 6.39. The Bertz CT molecular complexity index is 1090. The van der Waals surface area contributed by atoms with E-state index in [4.69, 9.17) is 32.7 Å². The van der Waals surface area contributed by atoms with Crippen LogP contribution in [-0.2, 0) is 20.7 Å². The quantitative estimate of drug-likeness (QED) is 0.213. The van der Waals surface area contributed by atoms with Gasteiger partial charge in [-0.3, -0.25) is 9.59 Å². The molecule has 4 N–H and O–H groups in total. The number of phenolic OH excluding ortho intramolecular Hbond substituents is 1. The highest BCUT2D eigenvalue weighted by atomic mass is 35.5. The summed E-state index contributed by atoms with van der Waals surface area (Å²) in [7, 11) is 0. The van der Waals surface area contributed by atoms with Gasteiger partial charge in [0.05, 0.1) is 23.7 Å². The molecule has 37 heavy (non-hydrogen) atoms. The molecule has 0 fully saturated rings. The van der Waals surface area contributed by atoms with Gasteiger partial charge in [-0.25, -0.2) is 4.79 Å². The molecule has 0 radical (unpaired) electrons. The first-order chi connectivity index (χ1) is 17.4. The molecule has 2 rings (SSSR count). The van der Waals surface area contributed by atoms with Gasteiger partial charge in [0.25, 0.3) is 5.91 Å². The van der Waals surface area contributed by atoms with Crippen molar-refractivity contribution in [3.8, 4) is 11.5 Å². The van der Waals surface area contributed by atoms with Crippen LogP contribution in [0.15, 0.2) is 36.4 Å². The summed E-state index contributed by atoms with van der Waals surface area (Å²) in [6.45, 7) is 6.27. The molecule has 1 amide bonds. The minimum Gasteiger partial charge on any atom is -0.505 e. The van der Waals surface area contributed by atoms with Gasteiger partial charge in [0, 0.05) is 6.42 Å². The number of esters is 1. The fourth-order valence-electron chi connectivity index (χ4n) is 3.28. The topological polar surface area (TPSA) is 134 Å². The molecule has 11 heteroatoms. The van der Waals surface area contributed by atoms with Crippen LogP contribution in [0.2, 0.25) is 10.0 Å². The third-order valence-electron chi connectivity index (χ3n) is 4.96. The van der Waals surface area contributed by atoms with E-state index in [0.29, 0.717) is 19.4 Å². The van der Waals surface area contributed by atoms with Crippen molar-refractivity contribution >= 4 is 41.0 Å². The van der Waals surface area contributed by atoms with Crippen molar-refractivity contribution in [2.45, 2.75) is 51.7 Å². The summed E-state index contributed by atoms with van der Waals surface area (Å²) < 4.78 is 10.8. The summed E-state index contributed by atoms with van der Waals surface area (Å²) >= 11 is 12.5. The number of ether oxygens (including phenoxy) is 2. The van der Waals surface area contributed by atoms with Crippen LogP contribution in [0.4, 0.5) is 0 Å². The predicted molar refractivity (Wildman–Crippen MR) is 141 cm³/mol. The van der Waals surface area contributed by atoms with Gasteiger partial charge in [-0.15, -0.1) is 0 Å². The maximum Gasteiger partial charge on any atom is 0.326 e. The molecular weight excluding hydrogens is 523 g/mol. The number of rotatable bonds is 13. The number of hydrogen-bond donors (Lipinski definition) is 4. The summed E-state index contributed by atoms with van der Waals surface area (Å²) in [5.74, 6) is -2.96. The second-order valence-electron chi connectivity index (χ2n) is 9.27. The van der Waals surface area contributed by atoms with Crippen molar-refractivity contribution in [3.05, 3.63) is 57.6 Å². The first-order valence-electron chi connectivity index (χ1n) is 11.7. The Morgan fingerprint density at radius 3 is 2.38 bits per heavy atom. The average Bonchev–Trinajstić information content (AvgIpc) is 2.81. The molecule has 202 valence electrons. The lowest BCUT2D eigenvalue weighted by molar-refractivity contribution is -0.153. The number of aromatic hydroxyl groups is 1. The van der Waals surface area contributed by atoms with Crippen LogP contribution in [0.3, 0.4) is 0 Å². The summed E-state index contributed by atoms with van der Waals surface area (Å²) in [4.78, 5) is 36.1. The molecule has 2 aromatic carbocycles. The van der Waals surface area contributed by atoms with Crippen molar-refractivity contribution in [1.82, 2.24) is 10.6 Å². The van der Waals surface area contributed by atoms with E-state index in [1.54, 1.807) is 51.1 Å². The van der Waals surface area contributed by atoms with Crippen molar-refractivity contribution in [2.24, 2.45) is 0 Å². The Labute approximate surface area is 226 Å². The first kappa shape index (κ1) is 30.2. The lowest BCUT2D eigenvalue weighted by atomic mass is 10.1. The molecule has 0 aliphatic heterocycles. The molecule has 0 aliphatic rings. The molecule has 9 nitrogen and oxygen atoms in total. The largest absolute Gasteiger partial charge is 0.505 e. The third kappa shape index (κ3) is 10.1. The minimum atomic E-state index is -1.23. The Kier molecular flexibility index (Phi) is 11.5. The number of carbonyl (C=O) groups excluding carboxylic acids is 2. The van der Waals surface area contributed by atoms with Gasteiger partial charge in [0.1, 0.15) is 16.7 Å². The van der Waals surface area contributed by atoms with Crippen molar-refractivity contribution in [1.29, 1.82) is 0 Å². The van der Waals surface area contributed by atoms with Crippen LogP contribution in [-0.4, -0.2) is 59.4 Å². The van der Waals surface area contributed by atoms with E-state index in [0.717, 1.165) is 5.56 Å². The number of carbonyl (C=O) groups is 3. The van der Waals surface area contributed by atoms with Gasteiger partial charge in [0.15, 0.2) is 11.5 Å². The molecule has 2 aromatic rings. The number of carboxylic acid groups (broad SMARTS) is 1. The fourth-order valence-corrected chi connectivity index (χ4v) is 3.84. The number of benzene rings is 2. The van der Waals surface area contributed by atoms with Crippen LogP contribution in [0.5, 0.6) is 11.5 Å². The molecule has 0 aromatic heterocycles. The molecule has 1 atom stereocenters. The van der Waals surface area contributed by atoms with E-state index in [1.165, 1.54) is 6.07 Å². The Balaban J connectivity index is 1.90. The van der Waals surface area contributed by atoms with Crippen molar-refractivity contribution < 1.29 is 34.1 Å². The zero-order valence-corrected chi connectivity index (χ0v) is 22.5. The fraction of sp³-hybridized carbons (Fsp3) is 0.423. The number of amides is 1. The van der Waals surface area contributed by atoms with E-state index in [1.807, 2.05) is 0 Å². The zero-order valence-electron chi connectivity index (χ0n) is 21.0. The summed E-state index contributed by atoms with van der Waals surface area (Å²) in [6.07, 6.45) is 1.33. The lowest BCUT2D eigenvalue weighted by Gasteiger charge is -2.19. The van der Waals surface area contributed by atoms with E-state index in [2.05, 4.69) is 10.6 Å². The van der Waals surface area contributed by atoms with Crippen LogP contribution in [0.25, 0.3) is 0 Å². The Hall–Kier alpha value is -3.01. The molecule has 0 bridgehead atoms. The Morgan fingerprint density at radius 1 is 1.08 bits per heavy atom. The van der Waals surface area contributed by atoms with Crippen molar-refractivity contribution in [2.75, 3.05) is 19.7 Å². The van der Waals surface area contributed by atoms with E-state index < -0.39 is 29.3 Å². The van der Waals surface area contributed by atoms with E-state index in [-0.39, 0.29) is 46.9 Å². The normalized spacial score (nSPS) is 12.0. The molecule has 0 aliphatic carbocycles. The molecular formula is C26H32Cl2N2O7. The summed E-state index contributed by atoms with van der Waals surface area (Å²) in [5, 5.41) is 25.1. The van der Waals surface area contributed by atoms with Gasteiger partial charge in [-0.1, -0.05) is 53.5 Å². The Morgan fingerprint density at radius 2 is 1.76 bits per heavy atom. The predicted octanol–water partition coefficient (Wildman–Crippen LogP) is 4.22. The number of carboxylic acids is 1. The first-order valence-corrected chi connectivity index (χ1v) is 12.5. The second-order valence-corrected chi connectivity index (χ2v) is 10.1. The van der Waals surface area contributed by atoms with Gasteiger partial charge >= 0.3 is 11.9 Å². The van der Waals surface area contributed by atoms with Crippen LogP contribution in [0, 0.1) is 0 Å². The molecule has 0 heterocycles. The summed E-state index contributed by atoms with van der Waals surface area (Å²) in [5.41, 5.74) is -0.0835. The van der Waals surface area contributed by atoms with E-state index >= 15 is 0 Å². The molecule has 0 spiro atoms. The standard InChI is InChI=1S/C26H32Cl2N2O7/c1-26(2,3)37-20(31)15-29-11-7-8-12-36-23-18(27)14-17(22(32)21(23)28)24(33)30-19(25(34)35)13-16-9-5-4-6-10-16/h4-6,9-10,14,19,29,32H,7-8,11-13,15H2,1-3H3,(H,30,33)(H,34,35)/t19-/m0/s1. The van der Waals surface area contributed by atoms with Gasteiger partial charge in [-0.05, 0) is 51.8 Å². The van der Waals surface area contributed by atoms with Gasteiger partial charge < -0.3 is 30.3 Å². The van der Waals surface area contributed by atoms with Crippen LogP contribution >= 0.6 is 23.2 Å². The number of halogens is 2. The number of hydrogen-bond acceptors (Lipinski definition) is 7.